The van der Waals surface area contributed by atoms with E-state index < -0.39 is 18.0 Å². The number of cyclic esters (lactones) is 1. The maximum Gasteiger partial charge on any atom is 0.347 e. The minimum Gasteiger partial charge on any atom is -0.463 e. The summed E-state index contributed by atoms with van der Waals surface area (Å²) in [6.45, 7) is 0.269. The van der Waals surface area contributed by atoms with Crippen LogP contribution in [0.15, 0.2) is 66.9 Å². The third-order valence-corrected chi connectivity index (χ3v) is 4.14. The number of benzene rings is 2. The van der Waals surface area contributed by atoms with Crippen LogP contribution in [0.25, 0.3) is 16.9 Å². The highest BCUT2D eigenvalue weighted by Crippen LogP contribution is 2.25. The van der Waals surface area contributed by atoms with Gasteiger partial charge < -0.3 is 9.47 Å². The van der Waals surface area contributed by atoms with Crippen LogP contribution in [-0.2, 0) is 14.3 Å². The molecule has 3 aromatic rings. The number of carbonyl (C=O) groups is 2. The van der Waals surface area contributed by atoms with Gasteiger partial charge in [0, 0.05) is 18.2 Å². The fourth-order valence-corrected chi connectivity index (χ4v) is 2.82. The lowest BCUT2D eigenvalue weighted by molar-refractivity contribution is -0.145. The molecule has 0 aliphatic carbocycles. The number of nitrogens with zero attached hydrogens (tertiary/aromatic N) is 2. The highest BCUT2D eigenvalue weighted by molar-refractivity contribution is 5.97. The van der Waals surface area contributed by atoms with Crippen LogP contribution >= 0.6 is 0 Å². The summed E-state index contributed by atoms with van der Waals surface area (Å²) in [5, 5.41) is 4.57. The number of hydrogen-bond donors (Lipinski definition) is 0. The Hall–Kier alpha value is -3.41. The van der Waals surface area contributed by atoms with Gasteiger partial charge >= 0.3 is 11.9 Å². The predicted molar refractivity (Wildman–Crippen MR) is 93.8 cm³/mol. The second-order valence-corrected chi connectivity index (χ2v) is 5.89. The average molecular weight is 348 g/mol. The molecule has 1 saturated heterocycles. The third kappa shape index (κ3) is 3.09. The summed E-state index contributed by atoms with van der Waals surface area (Å²) in [6.07, 6.45) is 1.14. The molecule has 0 saturated carbocycles. The highest BCUT2D eigenvalue weighted by atomic mass is 16.6. The van der Waals surface area contributed by atoms with Crippen molar-refractivity contribution < 1.29 is 19.1 Å². The molecular formula is C20H16N2O4. The van der Waals surface area contributed by atoms with Crippen molar-refractivity contribution in [1.29, 1.82) is 0 Å². The van der Waals surface area contributed by atoms with Gasteiger partial charge in [0.05, 0.1) is 12.3 Å². The Morgan fingerprint density at radius 1 is 1.08 bits per heavy atom. The van der Waals surface area contributed by atoms with Gasteiger partial charge in [-0.15, -0.1) is 0 Å². The molecule has 1 aliphatic rings. The third-order valence-electron chi connectivity index (χ3n) is 4.14. The van der Waals surface area contributed by atoms with Crippen molar-refractivity contribution in [3.05, 3.63) is 72.4 Å². The molecule has 0 bridgehead atoms. The van der Waals surface area contributed by atoms with Gasteiger partial charge in [0.1, 0.15) is 11.3 Å². The van der Waals surface area contributed by atoms with Gasteiger partial charge in [0.25, 0.3) is 0 Å². The monoisotopic (exact) mass is 348 g/mol. The molecule has 1 aliphatic heterocycles. The van der Waals surface area contributed by atoms with E-state index in [1.807, 2.05) is 60.7 Å². The van der Waals surface area contributed by atoms with E-state index in [0.29, 0.717) is 17.7 Å². The quantitative estimate of drug-likeness (QED) is 0.678. The summed E-state index contributed by atoms with van der Waals surface area (Å²) in [5.74, 6) is -1.09. The molecule has 6 heteroatoms. The molecule has 4 rings (SSSR count). The fraction of sp³-hybridized carbons (Fsp3) is 0.150. The second-order valence-electron chi connectivity index (χ2n) is 5.89. The summed E-state index contributed by atoms with van der Waals surface area (Å²) >= 11 is 0. The molecule has 2 aromatic carbocycles. The SMILES string of the molecule is O=C(OC1CCOC1=O)c1cn(-c2ccccc2)nc1-c1ccccc1. The van der Waals surface area contributed by atoms with Crippen LogP contribution < -0.4 is 0 Å². The van der Waals surface area contributed by atoms with Crippen LogP contribution in [0.3, 0.4) is 0 Å². The Bertz CT molecular complexity index is 935. The maximum absolute atomic E-state index is 12.7. The summed E-state index contributed by atoms with van der Waals surface area (Å²) in [6, 6.07) is 18.9. The molecule has 1 aromatic heterocycles. The summed E-state index contributed by atoms with van der Waals surface area (Å²) in [4.78, 5) is 24.3. The minimum absolute atomic E-state index is 0.269. The number of hydrogen-bond acceptors (Lipinski definition) is 5. The zero-order valence-corrected chi connectivity index (χ0v) is 13.9. The molecule has 130 valence electrons. The smallest absolute Gasteiger partial charge is 0.347 e. The van der Waals surface area contributed by atoms with Crippen LogP contribution in [0.1, 0.15) is 16.8 Å². The van der Waals surface area contributed by atoms with Crippen molar-refractivity contribution in [2.45, 2.75) is 12.5 Å². The number of para-hydroxylation sites is 1. The zero-order valence-electron chi connectivity index (χ0n) is 13.9. The van der Waals surface area contributed by atoms with Crippen LogP contribution in [0.4, 0.5) is 0 Å². The number of esters is 2. The normalized spacial score (nSPS) is 16.3. The number of carbonyl (C=O) groups excluding carboxylic acids is 2. The van der Waals surface area contributed by atoms with Gasteiger partial charge in [-0.2, -0.15) is 5.10 Å². The molecule has 26 heavy (non-hydrogen) atoms. The molecule has 0 radical (unpaired) electrons. The number of aromatic nitrogens is 2. The first-order chi connectivity index (χ1) is 12.7. The van der Waals surface area contributed by atoms with Crippen LogP contribution in [-0.4, -0.2) is 34.4 Å². The Kier molecular flexibility index (Phi) is 4.23. The molecule has 1 atom stereocenters. The predicted octanol–water partition coefficient (Wildman–Crippen LogP) is 3.01. The lowest BCUT2D eigenvalue weighted by atomic mass is 10.1. The van der Waals surface area contributed by atoms with Gasteiger partial charge in [-0.05, 0) is 12.1 Å². The summed E-state index contributed by atoms with van der Waals surface area (Å²) in [5.41, 5.74) is 2.43. The first-order valence-electron chi connectivity index (χ1n) is 8.30. The topological polar surface area (TPSA) is 70.4 Å². The summed E-state index contributed by atoms with van der Waals surface area (Å²) in [7, 11) is 0. The molecular weight excluding hydrogens is 332 g/mol. The summed E-state index contributed by atoms with van der Waals surface area (Å²) < 4.78 is 11.8. The fourth-order valence-electron chi connectivity index (χ4n) is 2.82. The van der Waals surface area contributed by atoms with Crippen molar-refractivity contribution in [3.63, 3.8) is 0 Å². The standard InChI is InChI=1S/C20H16N2O4/c23-19(26-17-11-12-25-20(17)24)16-13-22(15-9-5-2-6-10-15)21-18(16)14-7-3-1-4-8-14/h1-10,13,17H,11-12H2. The number of ether oxygens (including phenoxy) is 2. The van der Waals surface area contributed by atoms with Crippen LogP contribution in [0.5, 0.6) is 0 Å². The molecule has 6 nitrogen and oxygen atoms in total. The van der Waals surface area contributed by atoms with E-state index in [1.54, 1.807) is 10.9 Å². The van der Waals surface area contributed by atoms with Crippen molar-refractivity contribution in [1.82, 2.24) is 9.78 Å². The zero-order chi connectivity index (χ0) is 17.9. The van der Waals surface area contributed by atoms with Gasteiger partial charge in [-0.3, -0.25) is 0 Å². The van der Waals surface area contributed by atoms with Gasteiger partial charge in [-0.25, -0.2) is 14.3 Å². The first kappa shape index (κ1) is 16.1. The Balaban J connectivity index is 1.73. The Morgan fingerprint density at radius 3 is 2.42 bits per heavy atom. The molecule has 1 fully saturated rings. The van der Waals surface area contributed by atoms with Gasteiger partial charge in [-0.1, -0.05) is 48.5 Å². The van der Waals surface area contributed by atoms with Gasteiger partial charge in [0.2, 0.25) is 6.10 Å². The van der Waals surface area contributed by atoms with Crippen molar-refractivity contribution in [3.8, 4) is 16.9 Å². The molecule has 0 spiro atoms. The lowest BCUT2D eigenvalue weighted by Gasteiger charge is -2.08. The van der Waals surface area contributed by atoms with Crippen molar-refractivity contribution in [2.75, 3.05) is 6.61 Å². The lowest BCUT2D eigenvalue weighted by Crippen LogP contribution is -2.22. The molecule has 2 heterocycles. The minimum atomic E-state index is -0.855. The molecule has 0 amide bonds. The molecule has 1 unspecified atom stereocenters. The van der Waals surface area contributed by atoms with Crippen LogP contribution in [0.2, 0.25) is 0 Å². The van der Waals surface area contributed by atoms with Crippen molar-refractivity contribution in [2.24, 2.45) is 0 Å². The molecule has 0 N–H and O–H groups in total. The number of rotatable bonds is 4. The Morgan fingerprint density at radius 2 is 1.77 bits per heavy atom. The Labute approximate surface area is 150 Å². The van der Waals surface area contributed by atoms with E-state index in [1.165, 1.54) is 0 Å². The maximum atomic E-state index is 12.7. The largest absolute Gasteiger partial charge is 0.463 e. The van der Waals surface area contributed by atoms with E-state index >= 15 is 0 Å². The van der Waals surface area contributed by atoms with Crippen LogP contribution in [0, 0.1) is 0 Å². The second kappa shape index (κ2) is 6.84. The van der Waals surface area contributed by atoms with Gasteiger partial charge in [0.15, 0.2) is 0 Å². The van der Waals surface area contributed by atoms with Crippen molar-refractivity contribution >= 4 is 11.9 Å². The highest BCUT2D eigenvalue weighted by Gasteiger charge is 2.32. The van der Waals surface area contributed by atoms with E-state index in [-0.39, 0.29) is 6.61 Å². The van der Waals surface area contributed by atoms with E-state index in [0.717, 1.165) is 11.3 Å². The van der Waals surface area contributed by atoms with E-state index in [2.05, 4.69) is 5.10 Å². The van der Waals surface area contributed by atoms with E-state index in [9.17, 15) is 9.59 Å². The first-order valence-corrected chi connectivity index (χ1v) is 8.30. The van der Waals surface area contributed by atoms with E-state index in [4.69, 9.17) is 9.47 Å². The average Bonchev–Trinajstić information content (AvgIpc) is 3.30.